The number of piperidine rings is 1. The summed E-state index contributed by atoms with van der Waals surface area (Å²) in [6, 6.07) is 9.68. The molecule has 4 rings (SSSR count). The highest BCUT2D eigenvalue weighted by Crippen LogP contribution is 2.38. The normalized spacial score (nSPS) is 22.0. The quantitative estimate of drug-likeness (QED) is 0.764. The van der Waals surface area contributed by atoms with E-state index in [9.17, 15) is 4.79 Å². The van der Waals surface area contributed by atoms with E-state index in [0.29, 0.717) is 11.8 Å². The summed E-state index contributed by atoms with van der Waals surface area (Å²) >= 11 is 3.67. The third kappa shape index (κ3) is 3.16. The highest BCUT2D eigenvalue weighted by atomic mass is 79.9. The fourth-order valence-corrected chi connectivity index (χ4v) is 4.83. The molecule has 2 aliphatic heterocycles. The van der Waals surface area contributed by atoms with Crippen molar-refractivity contribution in [2.45, 2.75) is 25.4 Å². The molecule has 3 heterocycles. The monoisotopic (exact) mass is 418 g/mol. The number of nitrogens with zero attached hydrogens (tertiary/aromatic N) is 2. The molecule has 138 valence electrons. The second kappa shape index (κ2) is 7.08. The van der Waals surface area contributed by atoms with Gasteiger partial charge in [-0.25, -0.2) is 0 Å². The molecule has 1 fully saturated rings. The lowest BCUT2D eigenvalue weighted by molar-refractivity contribution is 0.114. The standard InChI is InChI=1S/C20H23BrN2O3/c1-25-18-7-14(16(21)8-19(18)26-2)11-22-9-13-6-15(12-22)17-4-3-5-20(24)23(17)10-13/h3-5,7-8,13,15H,6,9-12H2,1-2H3/t13-,15+/m0/s1. The van der Waals surface area contributed by atoms with Gasteiger partial charge < -0.3 is 14.0 Å². The molecule has 6 heteroatoms. The fourth-order valence-electron chi connectivity index (χ4n) is 4.38. The first-order valence-corrected chi connectivity index (χ1v) is 9.71. The lowest BCUT2D eigenvalue weighted by atomic mass is 9.83. The van der Waals surface area contributed by atoms with Gasteiger partial charge in [0.15, 0.2) is 11.5 Å². The zero-order valence-electron chi connectivity index (χ0n) is 15.1. The number of pyridine rings is 1. The maximum Gasteiger partial charge on any atom is 0.250 e. The largest absolute Gasteiger partial charge is 0.493 e. The van der Waals surface area contributed by atoms with Gasteiger partial charge in [-0.3, -0.25) is 9.69 Å². The van der Waals surface area contributed by atoms with Gasteiger partial charge in [0.1, 0.15) is 0 Å². The van der Waals surface area contributed by atoms with E-state index < -0.39 is 0 Å². The predicted octanol–water partition coefficient (Wildman–Crippen LogP) is 3.25. The summed E-state index contributed by atoms with van der Waals surface area (Å²) in [5, 5.41) is 0. The van der Waals surface area contributed by atoms with Gasteiger partial charge >= 0.3 is 0 Å². The van der Waals surface area contributed by atoms with Crippen LogP contribution < -0.4 is 15.0 Å². The van der Waals surface area contributed by atoms with E-state index in [2.05, 4.69) is 26.9 Å². The van der Waals surface area contributed by atoms with Crippen LogP contribution in [0, 0.1) is 5.92 Å². The second-order valence-electron chi connectivity index (χ2n) is 7.19. The number of hydrogen-bond acceptors (Lipinski definition) is 4. The van der Waals surface area contributed by atoms with Crippen LogP contribution in [-0.4, -0.2) is 36.8 Å². The van der Waals surface area contributed by atoms with E-state index in [-0.39, 0.29) is 5.56 Å². The lowest BCUT2D eigenvalue weighted by Gasteiger charge is -2.43. The predicted molar refractivity (Wildman–Crippen MR) is 104 cm³/mol. The number of methoxy groups -OCH3 is 2. The third-order valence-electron chi connectivity index (χ3n) is 5.50. The number of rotatable bonds is 4. The van der Waals surface area contributed by atoms with Crippen molar-refractivity contribution in [3.63, 3.8) is 0 Å². The Kier molecular flexibility index (Phi) is 4.80. The van der Waals surface area contributed by atoms with Crippen molar-refractivity contribution in [1.29, 1.82) is 0 Å². The molecule has 0 amide bonds. The molecule has 1 saturated heterocycles. The van der Waals surface area contributed by atoms with E-state index in [1.807, 2.05) is 22.8 Å². The molecule has 0 saturated carbocycles. The molecule has 2 aromatic rings. The first-order chi connectivity index (χ1) is 12.6. The molecule has 26 heavy (non-hydrogen) atoms. The van der Waals surface area contributed by atoms with Gasteiger partial charge in [-0.05, 0) is 36.1 Å². The van der Waals surface area contributed by atoms with Crippen LogP contribution in [0.2, 0.25) is 0 Å². The number of likely N-dealkylation sites (tertiary alicyclic amines) is 1. The molecule has 0 spiro atoms. The average Bonchev–Trinajstić information content (AvgIpc) is 2.64. The molecule has 0 unspecified atom stereocenters. The molecule has 1 aromatic heterocycles. The lowest BCUT2D eigenvalue weighted by Crippen LogP contribution is -2.46. The summed E-state index contributed by atoms with van der Waals surface area (Å²) in [6.45, 7) is 3.67. The molecule has 2 bridgehead atoms. The van der Waals surface area contributed by atoms with E-state index in [1.54, 1.807) is 20.3 Å². The van der Waals surface area contributed by atoms with Crippen LogP contribution in [0.15, 0.2) is 39.6 Å². The summed E-state index contributed by atoms with van der Waals surface area (Å²) in [4.78, 5) is 14.7. The van der Waals surface area contributed by atoms with Gasteiger partial charge in [0.05, 0.1) is 14.2 Å². The first kappa shape index (κ1) is 17.6. The van der Waals surface area contributed by atoms with Gasteiger partial charge in [0.25, 0.3) is 5.56 Å². The van der Waals surface area contributed by atoms with E-state index in [4.69, 9.17) is 9.47 Å². The first-order valence-electron chi connectivity index (χ1n) is 8.91. The Morgan fingerprint density at radius 3 is 2.65 bits per heavy atom. The number of fused-ring (bicyclic) bond motifs is 4. The Morgan fingerprint density at radius 1 is 1.12 bits per heavy atom. The Balaban J connectivity index is 1.58. The van der Waals surface area contributed by atoms with Crippen molar-refractivity contribution < 1.29 is 9.47 Å². The van der Waals surface area contributed by atoms with Crippen LogP contribution in [0.5, 0.6) is 11.5 Å². The van der Waals surface area contributed by atoms with Crippen molar-refractivity contribution in [3.05, 3.63) is 56.4 Å². The fraction of sp³-hybridized carbons (Fsp3) is 0.450. The van der Waals surface area contributed by atoms with Crippen molar-refractivity contribution in [2.75, 3.05) is 27.3 Å². The molecular weight excluding hydrogens is 396 g/mol. The summed E-state index contributed by atoms with van der Waals surface area (Å²) in [5.41, 5.74) is 2.51. The van der Waals surface area contributed by atoms with Crippen LogP contribution >= 0.6 is 15.9 Å². The minimum atomic E-state index is 0.133. The van der Waals surface area contributed by atoms with Gasteiger partial charge in [-0.2, -0.15) is 0 Å². The van der Waals surface area contributed by atoms with Crippen LogP contribution in [0.1, 0.15) is 23.6 Å². The van der Waals surface area contributed by atoms with Crippen molar-refractivity contribution >= 4 is 15.9 Å². The van der Waals surface area contributed by atoms with Crippen molar-refractivity contribution in [3.8, 4) is 11.5 Å². The summed E-state index contributed by atoms with van der Waals surface area (Å²) < 4.78 is 13.8. The molecular formula is C20H23BrN2O3. The van der Waals surface area contributed by atoms with Crippen LogP contribution in [0.4, 0.5) is 0 Å². The number of hydrogen-bond donors (Lipinski definition) is 0. The minimum absolute atomic E-state index is 0.133. The van der Waals surface area contributed by atoms with Crippen molar-refractivity contribution in [2.24, 2.45) is 5.92 Å². The van der Waals surface area contributed by atoms with Gasteiger partial charge in [0.2, 0.25) is 0 Å². The minimum Gasteiger partial charge on any atom is -0.493 e. The topological polar surface area (TPSA) is 43.7 Å². The molecule has 2 aliphatic rings. The zero-order valence-corrected chi connectivity index (χ0v) is 16.7. The van der Waals surface area contributed by atoms with Crippen LogP contribution in [-0.2, 0) is 13.1 Å². The van der Waals surface area contributed by atoms with E-state index in [0.717, 1.165) is 42.2 Å². The Bertz CT molecular complexity index is 880. The van der Waals surface area contributed by atoms with Gasteiger partial charge in [0, 0.05) is 48.3 Å². The second-order valence-corrected chi connectivity index (χ2v) is 8.05. The summed E-state index contributed by atoms with van der Waals surface area (Å²) in [6.07, 6.45) is 1.17. The maximum atomic E-state index is 12.2. The Morgan fingerprint density at radius 2 is 1.88 bits per heavy atom. The molecule has 1 aromatic carbocycles. The van der Waals surface area contributed by atoms with Crippen molar-refractivity contribution in [1.82, 2.24) is 9.47 Å². The number of benzene rings is 1. The Hall–Kier alpha value is -1.79. The van der Waals surface area contributed by atoms with Crippen LogP contribution in [0.3, 0.4) is 0 Å². The smallest absolute Gasteiger partial charge is 0.250 e. The zero-order chi connectivity index (χ0) is 18.3. The van der Waals surface area contributed by atoms with Crippen LogP contribution in [0.25, 0.3) is 0 Å². The maximum absolute atomic E-state index is 12.2. The SMILES string of the molecule is COc1cc(Br)c(CN2C[C@@H]3C[C@H](C2)c2cccc(=O)n2C3)cc1OC. The molecule has 5 nitrogen and oxygen atoms in total. The highest BCUT2D eigenvalue weighted by molar-refractivity contribution is 9.10. The molecule has 0 N–H and O–H groups in total. The number of aromatic nitrogens is 1. The molecule has 0 aliphatic carbocycles. The number of ether oxygens (including phenoxy) is 2. The number of halogens is 1. The van der Waals surface area contributed by atoms with E-state index >= 15 is 0 Å². The van der Waals surface area contributed by atoms with Gasteiger partial charge in [-0.1, -0.05) is 22.0 Å². The molecule has 0 radical (unpaired) electrons. The third-order valence-corrected chi connectivity index (χ3v) is 6.24. The summed E-state index contributed by atoms with van der Waals surface area (Å²) in [7, 11) is 3.31. The molecule has 2 atom stereocenters. The highest BCUT2D eigenvalue weighted by Gasteiger charge is 2.34. The van der Waals surface area contributed by atoms with Gasteiger partial charge in [-0.15, -0.1) is 0 Å². The Labute approximate surface area is 161 Å². The van der Waals surface area contributed by atoms with E-state index in [1.165, 1.54) is 17.7 Å². The summed E-state index contributed by atoms with van der Waals surface area (Å²) in [5.74, 6) is 2.43. The average molecular weight is 419 g/mol.